The summed E-state index contributed by atoms with van der Waals surface area (Å²) in [6.07, 6.45) is 6.51. The lowest BCUT2D eigenvalue weighted by molar-refractivity contribution is 0.125. The van der Waals surface area contributed by atoms with Crippen molar-refractivity contribution < 1.29 is 4.39 Å². The standard InChI is InChI=1S/C20H20FN9/c21-17-5-1-2-6-18(17)30(20-25-14-23-19-24-15-26-29(19)20)28-10-8-27(9-11-28)13-16-4-3-7-22-12-16/h1-7,12,14-15H,8-11,13H2. The Bertz CT molecular complexity index is 1130. The Morgan fingerprint density at radius 2 is 1.77 bits per heavy atom. The first-order chi connectivity index (χ1) is 14.8. The average molecular weight is 405 g/mol. The number of pyridine rings is 1. The molecule has 30 heavy (non-hydrogen) atoms. The highest BCUT2D eigenvalue weighted by Gasteiger charge is 2.28. The summed E-state index contributed by atoms with van der Waals surface area (Å²) >= 11 is 0. The maximum absolute atomic E-state index is 14.8. The summed E-state index contributed by atoms with van der Waals surface area (Å²) < 4.78 is 16.3. The van der Waals surface area contributed by atoms with Crippen LogP contribution in [-0.4, -0.2) is 65.6 Å². The summed E-state index contributed by atoms with van der Waals surface area (Å²) in [6, 6.07) is 10.7. The Morgan fingerprint density at radius 3 is 2.57 bits per heavy atom. The van der Waals surface area contributed by atoms with Crippen molar-refractivity contribution in [2.45, 2.75) is 6.54 Å². The Kier molecular flexibility index (Phi) is 4.99. The van der Waals surface area contributed by atoms with E-state index in [0.29, 0.717) is 30.5 Å². The van der Waals surface area contributed by atoms with Crippen LogP contribution in [0.4, 0.5) is 16.0 Å². The molecule has 9 nitrogen and oxygen atoms in total. The number of piperazine rings is 1. The van der Waals surface area contributed by atoms with Gasteiger partial charge in [0, 0.05) is 45.1 Å². The number of rotatable bonds is 5. The van der Waals surface area contributed by atoms with Crippen molar-refractivity contribution >= 4 is 17.4 Å². The van der Waals surface area contributed by atoms with Crippen molar-refractivity contribution in [2.24, 2.45) is 0 Å². The molecule has 1 fully saturated rings. The van der Waals surface area contributed by atoms with Crippen LogP contribution in [0.25, 0.3) is 5.78 Å². The molecule has 10 heteroatoms. The van der Waals surface area contributed by atoms with E-state index in [1.807, 2.05) is 18.3 Å². The molecule has 4 aromatic rings. The molecule has 1 aliphatic rings. The van der Waals surface area contributed by atoms with Crippen molar-refractivity contribution in [3.63, 3.8) is 0 Å². The van der Waals surface area contributed by atoms with E-state index in [9.17, 15) is 4.39 Å². The second kappa shape index (κ2) is 8.09. The molecule has 1 aromatic carbocycles. The summed E-state index contributed by atoms with van der Waals surface area (Å²) in [5, 5.41) is 8.10. The minimum atomic E-state index is -0.331. The van der Waals surface area contributed by atoms with Gasteiger partial charge in [0.2, 0.25) is 0 Å². The van der Waals surface area contributed by atoms with Crippen LogP contribution in [0.15, 0.2) is 61.4 Å². The Labute approximate surface area is 172 Å². The fourth-order valence-corrected chi connectivity index (χ4v) is 3.65. The normalized spacial score (nSPS) is 15.5. The number of halogens is 1. The maximum Gasteiger partial charge on any atom is 0.256 e. The predicted octanol–water partition coefficient (Wildman–Crippen LogP) is 1.92. The third-order valence-electron chi connectivity index (χ3n) is 5.10. The van der Waals surface area contributed by atoms with Gasteiger partial charge in [-0.15, -0.1) is 0 Å². The van der Waals surface area contributed by atoms with Gasteiger partial charge in [0.25, 0.3) is 11.7 Å². The van der Waals surface area contributed by atoms with Gasteiger partial charge in [0.1, 0.15) is 18.5 Å². The molecule has 0 saturated carbocycles. The van der Waals surface area contributed by atoms with Gasteiger partial charge >= 0.3 is 0 Å². The number of aromatic nitrogens is 6. The first-order valence-electron chi connectivity index (χ1n) is 9.71. The van der Waals surface area contributed by atoms with E-state index in [2.05, 4.69) is 41.0 Å². The van der Waals surface area contributed by atoms with Crippen LogP contribution in [0, 0.1) is 5.82 Å². The first-order valence-corrected chi connectivity index (χ1v) is 9.71. The number of benzene rings is 1. The zero-order valence-electron chi connectivity index (χ0n) is 16.2. The third kappa shape index (κ3) is 3.58. The van der Waals surface area contributed by atoms with Crippen LogP contribution in [-0.2, 0) is 6.54 Å². The van der Waals surface area contributed by atoms with Crippen molar-refractivity contribution in [1.29, 1.82) is 0 Å². The van der Waals surface area contributed by atoms with Gasteiger partial charge in [-0.1, -0.05) is 18.2 Å². The molecule has 0 amide bonds. The Balaban J connectivity index is 1.44. The number of nitrogens with zero attached hydrogens (tertiary/aromatic N) is 9. The average Bonchev–Trinajstić information content (AvgIpc) is 3.27. The van der Waals surface area contributed by atoms with Crippen molar-refractivity contribution in [2.75, 3.05) is 31.2 Å². The minimum Gasteiger partial charge on any atom is -0.296 e. The second-order valence-electron chi connectivity index (χ2n) is 7.00. The molecule has 4 heterocycles. The fraction of sp³-hybridized carbons (Fsp3) is 0.250. The number of hydrogen-bond donors (Lipinski definition) is 0. The maximum atomic E-state index is 14.8. The van der Waals surface area contributed by atoms with E-state index in [0.717, 1.165) is 19.6 Å². The molecule has 5 rings (SSSR count). The summed E-state index contributed by atoms with van der Waals surface area (Å²) in [5.74, 6) is 0.530. The highest BCUT2D eigenvalue weighted by molar-refractivity contribution is 5.58. The molecule has 0 atom stereocenters. The topological polar surface area (TPSA) is 78.6 Å². The Morgan fingerprint density at radius 1 is 0.933 bits per heavy atom. The summed E-state index contributed by atoms with van der Waals surface area (Å²) in [6.45, 7) is 3.89. The zero-order chi connectivity index (χ0) is 20.3. The predicted molar refractivity (Wildman–Crippen MR) is 108 cm³/mol. The van der Waals surface area contributed by atoms with E-state index >= 15 is 0 Å². The largest absolute Gasteiger partial charge is 0.296 e. The van der Waals surface area contributed by atoms with Gasteiger partial charge in [-0.3, -0.25) is 9.88 Å². The van der Waals surface area contributed by atoms with Crippen LogP contribution in [0.2, 0.25) is 0 Å². The summed E-state index contributed by atoms with van der Waals surface area (Å²) in [7, 11) is 0. The molecule has 1 saturated heterocycles. The summed E-state index contributed by atoms with van der Waals surface area (Å²) in [4.78, 5) is 19.2. The lowest BCUT2D eigenvalue weighted by Gasteiger charge is -2.41. The number of para-hydroxylation sites is 1. The van der Waals surface area contributed by atoms with Crippen LogP contribution in [0.5, 0.6) is 0 Å². The summed E-state index contributed by atoms with van der Waals surface area (Å²) in [5.41, 5.74) is 1.59. The third-order valence-corrected chi connectivity index (χ3v) is 5.10. The molecule has 0 unspecified atom stereocenters. The van der Waals surface area contributed by atoms with Crippen molar-refractivity contribution in [3.8, 4) is 0 Å². The number of hydrogen-bond acceptors (Lipinski definition) is 8. The number of fused-ring (bicyclic) bond motifs is 1. The van der Waals surface area contributed by atoms with Crippen LogP contribution in [0.3, 0.4) is 0 Å². The first kappa shape index (κ1) is 18.5. The van der Waals surface area contributed by atoms with Crippen molar-refractivity contribution in [3.05, 3.63) is 72.8 Å². The number of hydrazine groups is 1. The van der Waals surface area contributed by atoms with Crippen LogP contribution in [0.1, 0.15) is 5.56 Å². The van der Waals surface area contributed by atoms with E-state index in [4.69, 9.17) is 0 Å². The van der Waals surface area contributed by atoms with Gasteiger partial charge in [0.15, 0.2) is 0 Å². The molecule has 152 valence electrons. The molecule has 0 aliphatic carbocycles. The Hall–Kier alpha value is -3.50. The van der Waals surface area contributed by atoms with E-state index in [1.54, 1.807) is 23.3 Å². The molecule has 0 radical (unpaired) electrons. The zero-order valence-corrected chi connectivity index (χ0v) is 16.2. The molecular weight excluding hydrogens is 385 g/mol. The molecule has 0 N–H and O–H groups in total. The van der Waals surface area contributed by atoms with E-state index in [1.165, 1.54) is 28.8 Å². The van der Waals surface area contributed by atoms with Gasteiger partial charge in [0.05, 0.1) is 5.69 Å². The van der Waals surface area contributed by atoms with Gasteiger partial charge in [-0.2, -0.15) is 24.6 Å². The highest BCUT2D eigenvalue weighted by atomic mass is 19.1. The van der Waals surface area contributed by atoms with Crippen LogP contribution < -0.4 is 5.01 Å². The molecule has 3 aromatic heterocycles. The smallest absolute Gasteiger partial charge is 0.256 e. The molecular formula is C20H20FN9. The SMILES string of the molecule is Fc1ccccc1N(c1ncnc2ncnn12)N1CCN(Cc2cccnc2)CC1. The highest BCUT2D eigenvalue weighted by Crippen LogP contribution is 2.28. The molecule has 1 aliphatic heterocycles. The lowest BCUT2D eigenvalue weighted by Crippen LogP contribution is -2.53. The second-order valence-corrected chi connectivity index (χ2v) is 7.00. The van der Waals surface area contributed by atoms with Crippen LogP contribution >= 0.6 is 0 Å². The lowest BCUT2D eigenvalue weighted by atomic mass is 10.2. The molecule has 0 spiro atoms. The quantitative estimate of drug-likeness (QED) is 0.498. The molecule has 0 bridgehead atoms. The fourth-order valence-electron chi connectivity index (χ4n) is 3.65. The number of anilines is 2. The van der Waals surface area contributed by atoms with Gasteiger partial charge < -0.3 is 0 Å². The van der Waals surface area contributed by atoms with E-state index in [-0.39, 0.29) is 5.82 Å². The van der Waals surface area contributed by atoms with Crippen molar-refractivity contribution in [1.82, 2.24) is 39.5 Å². The van der Waals surface area contributed by atoms with Gasteiger partial charge in [-0.05, 0) is 23.8 Å². The van der Waals surface area contributed by atoms with Gasteiger partial charge in [-0.25, -0.2) is 14.4 Å². The monoisotopic (exact) mass is 405 g/mol. The van der Waals surface area contributed by atoms with E-state index < -0.39 is 0 Å². The minimum absolute atomic E-state index is 0.331.